The second-order valence-corrected chi connectivity index (χ2v) is 8.82. The molecule has 3 rings (SSSR count). The number of amides is 1. The number of aryl methyl sites for hydroxylation is 1. The number of carbonyl (C=O) groups excluding carboxylic acids is 1. The van der Waals surface area contributed by atoms with Gasteiger partial charge in [-0.1, -0.05) is 24.3 Å². The molecule has 168 valence electrons. The maximum absolute atomic E-state index is 12.3. The molecule has 0 saturated carbocycles. The van der Waals surface area contributed by atoms with Gasteiger partial charge in [-0.25, -0.2) is 23.5 Å². The van der Waals surface area contributed by atoms with Crippen LogP contribution in [0.1, 0.15) is 24.7 Å². The van der Waals surface area contributed by atoms with Crippen molar-refractivity contribution >= 4 is 38.6 Å². The fourth-order valence-electron chi connectivity index (χ4n) is 3.00. The Morgan fingerprint density at radius 3 is 2.47 bits per heavy atom. The number of hydrogen-bond donors (Lipinski definition) is 3. The van der Waals surface area contributed by atoms with Crippen molar-refractivity contribution in [2.24, 2.45) is 12.1 Å². The molecule has 3 aromatic rings. The van der Waals surface area contributed by atoms with E-state index in [1.165, 1.54) is 12.1 Å². The first-order valence-electron chi connectivity index (χ1n) is 9.73. The summed E-state index contributed by atoms with van der Waals surface area (Å²) >= 11 is 0. The molecule has 0 spiro atoms. The number of aromatic nitrogens is 2. The van der Waals surface area contributed by atoms with Gasteiger partial charge in [-0.05, 0) is 36.8 Å². The SMILES string of the molecule is CC(=NNC(=O)Cc1nc2ccccc2n1C)c1ccc(S(=O)(=O)NCCC(=O)O)cc1. The third kappa shape index (κ3) is 5.56. The quantitative estimate of drug-likeness (QED) is 0.327. The van der Waals surface area contributed by atoms with Crippen LogP contribution in [0.2, 0.25) is 0 Å². The number of hydrazone groups is 1. The van der Waals surface area contributed by atoms with Gasteiger partial charge in [0.1, 0.15) is 5.82 Å². The number of aliphatic carboxylic acids is 1. The molecule has 1 aromatic heterocycles. The van der Waals surface area contributed by atoms with E-state index in [1.54, 1.807) is 19.1 Å². The van der Waals surface area contributed by atoms with Gasteiger partial charge >= 0.3 is 5.97 Å². The van der Waals surface area contributed by atoms with E-state index in [9.17, 15) is 18.0 Å². The summed E-state index contributed by atoms with van der Waals surface area (Å²) in [6.07, 6.45) is -0.252. The number of fused-ring (bicyclic) bond motifs is 1. The molecule has 0 aliphatic heterocycles. The van der Waals surface area contributed by atoms with Crippen molar-refractivity contribution in [2.75, 3.05) is 6.54 Å². The molecule has 0 fully saturated rings. The smallest absolute Gasteiger partial charge is 0.304 e. The number of imidazole rings is 1. The zero-order valence-electron chi connectivity index (χ0n) is 17.6. The average molecular weight is 458 g/mol. The normalized spacial score (nSPS) is 12.1. The van der Waals surface area contributed by atoms with Crippen LogP contribution in [-0.4, -0.2) is 47.2 Å². The Hall–Kier alpha value is -3.57. The number of hydrogen-bond acceptors (Lipinski definition) is 6. The average Bonchev–Trinajstić information content (AvgIpc) is 3.07. The molecule has 0 radical (unpaired) electrons. The molecule has 0 aliphatic rings. The molecule has 0 saturated heterocycles. The Balaban J connectivity index is 1.62. The van der Waals surface area contributed by atoms with Crippen LogP contribution in [0.3, 0.4) is 0 Å². The van der Waals surface area contributed by atoms with Crippen molar-refractivity contribution in [3.63, 3.8) is 0 Å². The van der Waals surface area contributed by atoms with Crippen molar-refractivity contribution < 1.29 is 23.1 Å². The second-order valence-electron chi connectivity index (χ2n) is 7.05. The summed E-state index contributed by atoms with van der Waals surface area (Å²) in [6, 6.07) is 13.5. The standard InChI is InChI=1S/C21H23N5O5S/c1-14(15-7-9-16(10-8-15)32(30,31)22-12-11-21(28)29)24-25-20(27)13-19-23-17-5-3-4-6-18(17)26(19)2/h3-10,22H,11-13H2,1-2H3,(H,25,27)(H,28,29). The fourth-order valence-corrected chi connectivity index (χ4v) is 4.03. The molecule has 1 amide bonds. The lowest BCUT2D eigenvalue weighted by atomic mass is 10.1. The Bertz CT molecular complexity index is 1280. The zero-order valence-corrected chi connectivity index (χ0v) is 18.4. The summed E-state index contributed by atoms with van der Waals surface area (Å²) in [5, 5.41) is 12.7. The maximum Gasteiger partial charge on any atom is 0.304 e. The number of sulfonamides is 1. The van der Waals surface area contributed by atoms with Crippen LogP contribution < -0.4 is 10.1 Å². The minimum atomic E-state index is -3.81. The summed E-state index contributed by atoms with van der Waals surface area (Å²) in [6.45, 7) is 1.49. The van der Waals surface area contributed by atoms with Crippen LogP contribution in [-0.2, 0) is 33.1 Å². The Kier molecular flexibility index (Phi) is 7.01. The molecule has 1 heterocycles. The third-order valence-corrected chi connectivity index (χ3v) is 6.24. The lowest BCUT2D eigenvalue weighted by Crippen LogP contribution is -2.26. The number of carboxylic acid groups (broad SMARTS) is 1. The number of nitrogens with one attached hydrogen (secondary N) is 2. The molecule has 0 bridgehead atoms. The van der Waals surface area contributed by atoms with Crippen LogP contribution in [0.5, 0.6) is 0 Å². The molecule has 11 heteroatoms. The lowest BCUT2D eigenvalue weighted by molar-refractivity contribution is -0.136. The molecular formula is C21H23N5O5S. The summed E-state index contributed by atoms with van der Waals surface area (Å²) in [4.78, 5) is 27.3. The molecule has 3 N–H and O–H groups in total. The predicted octanol–water partition coefficient (Wildman–Crippen LogP) is 1.41. The number of benzene rings is 2. The summed E-state index contributed by atoms with van der Waals surface area (Å²) in [7, 11) is -1.96. The van der Waals surface area contributed by atoms with Gasteiger partial charge in [0.2, 0.25) is 15.9 Å². The number of para-hydroxylation sites is 2. The lowest BCUT2D eigenvalue weighted by Gasteiger charge is -2.07. The van der Waals surface area contributed by atoms with E-state index < -0.39 is 16.0 Å². The summed E-state index contributed by atoms with van der Waals surface area (Å²) < 4.78 is 28.4. The summed E-state index contributed by atoms with van der Waals surface area (Å²) in [5.41, 5.74) is 5.35. The molecule has 2 aromatic carbocycles. The van der Waals surface area contributed by atoms with Gasteiger partial charge in [0.15, 0.2) is 0 Å². The van der Waals surface area contributed by atoms with E-state index in [0.29, 0.717) is 17.1 Å². The monoisotopic (exact) mass is 457 g/mol. The highest BCUT2D eigenvalue weighted by Crippen LogP contribution is 2.15. The molecule has 0 unspecified atom stereocenters. The maximum atomic E-state index is 12.3. The Morgan fingerprint density at radius 2 is 1.81 bits per heavy atom. The molecular weight excluding hydrogens is 434 g/mol. The van der Waals surface area contributed by atoms with Gasteiger partial charge in [0, 0.05) is 13.6 Å². The van der Waals surface area contributed by atoms with Gasteiger partial charge in [-0.3, -0.25) is 9.59 Å². The summed E-state index contributed by atoms with van der Waals surface area (Å²) in [5.74, 6) is -0.806. The zero-order chi connectivity index (χ0) is 23.3. The number of carboxylic acids is 1. The van der Waals surface area contributed by atoms with Crippen LogP contribution in [0.4, 0.5) is 0 Å². The third-order valence-electron chi connectivity index (χ3n) is 4.76. The molecule has 0 aliphatic carbocycles. The van der Waals surface area contributed by atoms with Gasteiger partial charge < -0.3 is 9.67 Å². The Morgan fingerprint density at radius 1 is 1.12 bits per heavy atom. The number of rotatable bonds is 9. The molecule has 0 atom stereocenters. The van der Waals surface area contributed by atoms with Crippen molar-refractivity contribution in [3.05, 3.63) is 59.9 Å². The van der Waals surface area contributed by atoms with Crippen LogP contribution >= 0.6 is 0 Å². The van der Waals surface area contributed by atoms with E-state index in [4.69, 9.17) is 5.11 Å². The van der Waals surface area contributed by atoms with E-state index in [-0.39, 0.29) is 30.2 Å². The highest BCUT2D eigenvalue weighted by atomic mass is 32.2. The minimum Gasteiger partial charge on any atom is -0.481 e. The van der Waals surface area contributed by atoms with Gasteiger partial charge in [-0.15, -0.1) is 0 Å². The first-order valence-corrected chi connectivity index (χ1v) is 11.2. The second kappa shape index (κ2) is 9.71. The van der Waals surface area contributed by atoms with Crippen LogP contribution in [0.25, 0.3) is 11.0 Å². The largest absolute Gasteiger partial charge is 0.481 e. The van der Waals surface area contributed by atoms with Crippen molar-refractivity contribution in [2.45, 2.75) is 24.7 Å². The molecule has 10 nitrogen and oxygen atoms in total. The van der Waals surface area contributed by atoms with Crippen molar-refractivity contribution in [3.8, 4) is 0 Å². The minimum absolute atomic E-state index is 0.00493. The number of nitrogens with zero attached hydrogens (tertiary/aromatic N) is 3. The predicted molar refractivity (Wildman–Crippen MR) is 119 cm³/mol. The van der Waals surface area contributed by atoms with Gasteiger partial charge in [0.25, 0.3) is 0 Å². The van der Waals surface area contributed by atoms with Crippen molar-refractivity contribution in [1.29, 1.82) is 0 Å². The van der Waals surface area contributed by atoms with Crippen LogP contribution in [0.15, 0.2) is 58.5 Å². The first kappa shape index (κ1) is 23.1. The van der Waals surface area contributed by atoms with E-state index in [2.05, 4.69) is 20.2 Å². The topological polar surface area (TPSA) is 143 Å². The fraction of sp³-hybridized carbons (Fsp3) is 0.238. The van der Waals surface area contributed by atoms with E-state index in [0.717, 1.165) is 11.0 Å². The highest BCUT2D eigenvalue weighted by molar-refractivity contribution is 7.89. The van der Waals surface area contributed by atoms with E-state index >= 15 is 0 Å². The number of carbonyl (C=O) groups is 2. The van der Waals surface area contributed by atoms with Gasteiger partial charge in [0.05, 0.1) is 34.5 Å². The van der Waals surface area contributed by atoms with Crippen molar-refractivity contribution in [1.82, 2.24) is 19.7 Å². The Labute approximate surface area is 185 Å². The van der Waals surface area contributed by atoms with Gasteiger partial charge in [-0.2, -0.15) is 5.10 Å². The first-order chi connectivity index (χ1) is 15.2. The van der Waals surface area contributed by atoms with E-state index in [1.807, 2.05) is 35.9 Å². The molecule has 32 heavy (non-hydrogen) atoms. The van der Waals surface area contributed by atoms with Crippen LogP contribution in [0, 0.1) is 0 Å². The highest BCUT2D eigenvalue weighted by Gasteiger charge is 2.15.